The van der Waals surface area contributed by atoms with Crippen molar-refractivity contribution in [3.63, 3.8) is 0 Å². The van der Waals surface area contributed by atoms with E-state index in [1.807, 2.05) is 23.1 Å². The molecule has 1 fully saturated rings. The molecule has 11 heteroatoms. The second kappa shape index (κ2) is 10.9. The van der Waals surface area contributed by atoms with Crippen LogP contribution in [0.5, 0.6) is 5.75 Å². The molecule has 1 atom stereocenters. The summed E-state index contributed by atoms with van der Waals surface area (Å²) >= 11 is 8.91. The molecule has 1 aliphatic rings. The number of nitrogens with zero attached hydrogens (tertiary/aromatic N) is 5. The summed E-state index contributed by atoms with van der Waals surface area (Å²) in [6, 6.07) is 17.3. The summed E-state index contributed by atoms with van der Waals surface area (Å²) in [6.45, 7) is 2.54. The molecule has 35 heavy (non-hydrogen) atoms. The van der Waals surface area contributed by atoms with Gasteiger partial charge >= 0.3 is 193 Å². The van der Waals surface area contributed by atoms with Crippen LogP contribution in [0, 0.1) is 0 Å². The number of hydrogen-bond acceptors (Lipinski definition) is 7. The molecule has 2 aromatic carbocycles. The normalized spacial score (nSPS) is 13.9. The molecule has 8 nitrogen and oxygen atoms in total. The summed E-state index contributed by atoms with van der Waals surface area (Å²) in [5.41, 5.74) is 2.76. The van der Waals surface area contributed by atoms with Gasteiger partial charge in [-0.25, -0.2) is 0 Å². The van der Waals surface area contributed by atoms with Gasteiger partial charge in [0.05, 0.1) is 0 Å². The van der Waals surface area contributed by atoms with E-state index in [1.54, 1.807) is 36.0 Å². The van der Waals surface area contributed by atoms with Crippen molar-refractivity contribution in [3.05, 3.63) is 65.2 Å². The predicted octanol–water partition coefficient (Wildman–Crippen LogP) is 2.28. The maximum atomic E-state index is 12.7. The third kappa shape index (κ3) is 5.92. The number of rotatable bonds is 7. The van der Waals surface area contributed by atoms with E-state index in [2.05, 4.69) is 27.0 Å². The molecule has 1 saturated heterocycles. The van der Waals surface area contributed by atoms with Gasteiger partial charge in [-0.05, 0) is 12.1 Å². The van der Waals surface area contributed by atoms with Crippen molar-refractivity contribution < 1.29 is 9.53 Å². The van der Waals surface area contributed by atoms with Crippen LogP contribution in [-0.4, -0.2) is 80.4 Å². The fourth-order valence-electron chi connectivity index (χ4n) is 3.83. The first-order chi connectivity index (χ1) is 17.0. The van der Waals surface area contributed by atoms with Crippen molar-refractivity contribution in [2.24, 2.45) is 0 Å². The molecular weight excluding hydrogens is 547 g/mol. The van der Waals surface area contributed by atoms with E-state index in [4.69, 9.17) is 26.3 Å². The number of aromatic nitrogens is 4. The maximum absolute atomic E-state index is 12.7. The molecular formula is C24H24AsClN6O2S. The number of amides is 1. The van der Waals surface area contributed by atoms with Crippen LogP contribution in [-0.2, 0) is 10.5 Å². The number of benzene rings is 2. The van der Waals surface area contributed by atoms with Crippen LogP contribution in [0.1, 0.15) is 5.56 Å². The molecule has 1 unspecified atom stereocenters. The zero-order valence-electron chi connectivity index (χ0n) is 18.9. The average Bonchev–Trinajstić information content (AvgIpc) is 3.30. The summed E-state index contributed by atoms with van der Waals surface area (Å²) in [5, 5.41) is 1.46. The summed E-state index contributed by atoms with van der Waals surface area (Å²) in [6.07, 6.45) is 0. The number of halogens is 1. The van der Waals surface area contributed by atoms with Crippen LogP contribution < -0.4 is 14.2 Å². The van der Waals surface area contributed by atoms with E-state index in [9.17, 15) is 4.79 Å². The summed E-state index contributed by atoms with van der Waals surface area (Å²) in [5.74, 6) is 2.24. The Balaban J connectivity index is 1.22. The van der Waals surface area contributed by atoms with Gasteiger partial charge in [-0.3, -0.25) is 0 Å². The van der Waals surface area contributed by atoms with Crippen LogP contribution >= 0.6 is 23.4 Å². The number of ether oxygens (including phenoxy) is 1. The molecule has 180 valence electrons. The molecule has 0 spiro atoms. The van der Waals surface area contributed by atoms with Crippen molar-refractivity contribution >= 4 is 67.7 Å². The number of anilines is 1. The number of H-pyrrole nitrogens is 1. The molecule has 1 N–H and O–H groups in total. The average molecular weight is 571 g/mol. The van der Waals surface area contributed by atoms with Crippen LogP contribution in [0.2, 0.25) is 5.02 Å². The topological polar surface area (TPSA) is 87.2 Å². The quantitative estimate of drug-likeness (QED) is 0.269. The molecule has 0 aliphatic carbocycles. The number of aromatic amines is 1. The van der Waals surface area contributed by atoms with Crippen molar-refractivity contribution in [1.82, 2.24) is 24.8 Å². The Labute approximate surface area is 220 Å². The van der Waals surface area contributed by atoms with Gasteiger partial charge in [0.25, 0.3) is 0 Å². The number of carbonyl (C=O) groups excluding carboxylic acids is 1. The van der Waals surface area contributed by atoms with Gasteiger partial charge in [0.2, 0.25) is 0 Å². The minimum absolute atomic E-state index is 0.00236. The summed E-state index contributed by atoms with van der Waals surface area (Å²) in [7, 11) is 0. The molecule has 0 bridgehead atoms. The minimum atomic E-state index is -0.0358. The van der Waals surface area contributed by atoms with Gasteiger partial charge in [0, 0.05) is 5.02 Å². The Bertz CT molecular complexity index is 1310. The number of carbonyl (C=O) groups is 1. The molecule has 0 saturated carbocycles. The van der Waals surface area contributed by atoms with E-state index in [1.165, 1.54) is 22.4 Å². The number of fused-ring (bicyclic) bond motifs is 1. The number of piperazine rings is 1. The number of hydrogen-bond donors (Lipinski definition) is 1. The summed E-state index contributed by atoms with van der Waals surface area (Å²) < 4.78 is 6.37. The van der Waals surface area contributed by atoms with E-state index in [-0.39, 0.29) is 12.5 Å². The molecule has 2 aromatic heterocycles. The monoisotopic (exact) mass is 570 g/mol. The number of thioether (sulfide) groups is 1. The van der Waals surface area contributed by atoms with Gasteiger partial charge in [-0.15, -0.1) is 0 Å². The van der Waals surface area contributed by atoms with Crippen LogP contribution in [0.4, 0.5) is 5.82 Å². The van der Waals surface area contributed by atoms with Gasteiger partial charge in [-0.2, -0.15) is 0 Å². The Morgan fingerprint density at radius 3 is 2.51 bits per heavy atom. The molecule has 0 radical (unpaired) electrons. The van der Waals surface area contributed by atoms with Crippen molar-refractivity contribution in [2.75, 3.05) is 37.7 Å². The Kier molecular flexibility index (Phi) is 7.46. The number of nitrogens with one attached hydrogen (secondary N) is 1. The van der Waals surface area contributed by atoms with Gasteiger partial charge < -0.3 is 0 Å². The predicted molar refractivity (Wildman–Crippen MR) is 142 cm³/mol. The Morgan fingerprint density at radius 1 is 1.03 bits per heavy atom. The fourth-order valence-corrected chi connectivity index (χ4v) is 5.30. The van der Waals surface area contributed by atoms with E-state index in [0.717, 1.165) is 32.5 Å². The van der Waals surface area contributed by atoms with Crippen LogP contribution in [0.25, 0.3) is 11.2 Å². The van der Waals surface area contributed by atoms with Crippen molar-refractivity contribution in [2.45, 2.75) is 10.9 Å². The molecule has 3 heterocycles. The molecule has 4 aromatic rings. The van der Waals surface area contributed by atoms with Crippen LogP contribution in [0.15, 0.2) is 59.8 Å². The number of imidazole rings is 1. The second-order valence-electron chi connectivity index (χ2n) is 8.03. The first-order valence-electron chi connectivity index (χ1n) is 11.2. The SMILES string of the molecule is O=C(COc1ccc(Cl)cc1)N1CCN(c2nc([AsH2])nc3[nH]c(SCc4ccccc4)nc23)CC1. The Hall–Kier alpha value is -2.74. The second-order valence-corrected chi connectivity index (χ2v) is 10.5. The third-order valence-corrected chi connectivity index (χ3v) is 7.39. The molecule has 1 amide bonds. The van der Waals surface area contributed by atoms with Crippen molar-refractivity contribution in [1.29, 1.82) is 0 Å². The zero-order chi connectivity index (χ0) is 24.2. The standard InChI is InChI=1S/C24H24AsClN6O2S/c25-23-28-21-20(27-24(29-21)35-15-16-4-2-1-3-5-16)22(30-23)32-12-10-31(11-13-32)19(33)14-34-18-8-6-17(26)7-9-18/h1-9H,10-15,25H2,(H,27,28,29,30). The Morgan fingerprint density at radius 2 is 1.77 bits per heavy atom. The molecule has 5 rings (SSSR count). The van der Waals surface area contributed by atoms with Gasteiger partial charge in [0.15, 0.2) is 0 Å². The van der Waals surface area contributed by atoms with Crippen LogP contribution in [0.3, 0.4) is 0 Å². The summed E-state index contributed by atoms with van der Waals surface area (Å²) in [4.78, 5) is 34.1. The van der Waals surface area contributed by atoms with Gasteiger partial charge in [-0.1, -0.05) is 11.6 Å². The first kappa shape index (κ1) is 24.0. The van der Waals surface area contributed by atoms with Crippen molar-refractivity contribution in [3.8, 4) is 5.75 Å². The third-order valence-electron chi connectivity index (χ3n) is 5.65. The first-order valence-corrected chi connectivity index (χ1v) is 13.7. The molecule has 1 aliphatic heterocycles. The van der Waals surface area contributed by atoms with E-state index in [0.29, 0.717) is 37.0 Å². The van der Waals surface area contributed by atoms with E-state index >= 15 is 0 Å². The van der Waals surface area contributed by atoms with Gasteiger partial charge in [0.1, 0.15) is 0 Å². The fraction of sp³-hybridized carbons (Fsp3) is 0.250. The van der Waals surface area contributed by atoms with E-state index < -0.39 is 0 Å². The zero-order valence-corrected chi connectivity index (χ0v) is 22.8.